The average molecular weight is 654 g/mol. The summed E-state index contributed by atoms with van der Waals surface area (Å²) in [5.41, 5.74) is 12.8. The van der Waals surface area contributed by atoms with Crippen LogP contribution in [-0.2, 0) is 35.2 Å². The molecule has 256 valence electrons. The van der Waals surface area contributed by atoms with Crippen LogP contribution in [0.3, 0.4) is 0 Å². The minimum absolute atomic E-state index is 0.0317. The van der Waals surface area contributed by atoms with Gasteiger partial charge in [0.25, 0.3) is 0 Å². The van der Waals surface area contributed by atoms with Crippen molar-refractivity contribution in [2.45, 2.75) is 95.4 Å². The second-order valence-electron chi connectivity index (χ2n) is 12.8. The number of aromatic nitrogens is 1. The summed E-state index contributed by atoms with van der Waals surface area (Å²) in [4.78, 5) is 85.0. The van der Waals surface area contributed by atoms with Gasteiger partial charge in [-0.3, -0.25) is 28.8 Å². The summed E-state index contributed by atoms with van der Waals surface area (Å²) >= 11 is 0. The number of carbonyl (C=O) groups is 6. The number of unbranched alkanes of at least 4 members (excludes halogenated alkanes) is 1. The number of carboxylic acid groups (broad SMARTS) is 1. The average Bonchev–Trinajstić information content (AvgIpc) is 3.69. The third-order valence-corrected chi connectivity index (χ3v) is 8.80. The molecule has 14 heteroatoms. The third kappa shape index (κ3) is 9.31. The maximum absolute atomic E-state index is 14.0. The fraction of sp³-hybridized carbons (Fsp3) is 0.576. The van der Waals surface area contributed by atoms with Crippen LogP contribution in [0.4, 0.5) is 0 Å². The molecule has 0 aliphatic carbocycles. The van der Waals surface area contributed by atoms with E-state index in [9.17, 15) is 33.9 Å². The number of para-hydroxylation sites is 1. The Kier molecular flexibility index (Phi) is 12.8. The van der Waals surface area contributed by atoms with Gasteiger partial charge in [-0.2, -0.15) is 0 Å². The molecule has 0 saturated carbocycles. The topological polar surface area (TPSA) is 216 Å². The Morgan fingerprint density at radius 3 is 2.45 bits per heavy atom. The number of carboxylic acids is 1. The van der Waals surface area contributed by atoms with E-state index in [2.05, 4.69) is 26.5 Å². The number of fused-ring (bicyclic) bond motifs is 2. The van der Waals surface area contributed by atoms with Gasteiger partial charge in [-0.15, -0.1) is 0 Å². The SMILES string of the molecule is CC(C)C[C@@H]1NC(=O)[C@H](Cc2c[nH]c3ccccc23)NN[C@@H](CC(=O)O)C(=O)C(=O)[C@H](CCCCN)NCC(=O)[C@@H]2CCCN2C1=O. The maximum atomic E-state index is 14.0. The quantitative estimate of drug-likeness (QED) is 0.137. The van der Waals surface area contributed by atoms with Crippen molar-refractivity contribution in [2.75, 3.05) is 19.6 Å². The standard InChI is InChI=1S/C33H47N7O7/c1-19(2)14-26-33(47)40-13-7-11-27(40)28(41)18-36-23(10-5-6-12-34)30(44)31(45)24(16-29(42)43)38-39-25(32(46)37-26)15-20-17-35-22-9-4-3-8-21(20)22/h3-4,8-9,17,19,23-27,35-36,38-39H,5-7,10-16,18,34H2,1-2H3,(H,37,46)(H,42,43)/t23-,24-,25-,26-,27-/m0/s1. The highest BCUT2D eigenvalue weighted by Crippen LogP contribution is 2.23. The van der Waals surface area contributed by atoms with Crippen molar-refractivity contribution in [2.24, 2.45) is 11.7 Å². The van der Waals surface area contributed by atoms with E-state index in [1.165, 1.54) is 4.90 Å². The number of hydrogen-bond donors (Lipinski definition) is 7. The number of nitrogens with one attached hydrogen (secondary N) is 5. The summed E-state index contributed by atoms with van der Waals surface area (Å²) in [7, 11) is 0. The van der Waals surface area contributed by atoms with E-state index in [1.54, 1.807) is 6.20 Å². The molecule has 4 rings (SSSR count). The number of nitrogens with zero attached hydrogens (tertiary/aromatic N) is 1. The number of H-pyrrole nitrogens is 1. The Hall–Kier alpha value is -3.98. The lowest BCUT2D eigenvalue weighted by molar-refractivity contribution is -0.144. The largest absolute Gasteiger partial charge is 0.481 e. The van der Waals surface area contributed by atoms with Crippen LogP contribution in [0, 0.1) is 5.92 Å². The monoisotopic (exact) mass is 653 g/mol. The first kappa shape index (κ1) is 35.9. The number of hydrazine groups is 1. The summed E-state index contributed by atoms with van der Waals surface area (Å²) in [5.74, 6) is -4.40. The predicted molar refractivity (Wildman–Crippen MR) is 174 cm³/mol. The van der Waals surface area contributed by atoms with E-state index in [0.29, 0.717) is 45.2 Å². The van der Waals surface area contributed by atoms with Gasteiger partial charge in [0, 0.05) is 30.1 Å². The van der Waals surface area contributed by atoms with Crippen LogP contribution in [0.5, 0.6) is 0 Å². The molecule has 2 aliphatic rings. The minimum atomic E-state index is -1.51. The molecule has 2 saturated heterocycles. The second kappa shape index (κ2) is 16.7. The van der Waals surface area contributed by atoms with Gasteiger partial charge in [0.1, 0.15) is 12.1 Å². The normalized spacial score (nSPS) is 25.4. The zero-order valence-electron chi connectivity index (χ0n) is 27.1. The van der Waals surface area contributed by atoms with Gasteiger partial charge in [-0.25, -0.2) is 10.9 Å². The molecule has 8 N–H and O–H groups in total. The molecule has 0 radical (unpaired) electrons. The lowest BCUT2D eigenvalue weighted by Gasteiger charge is -2.31. The lowest BCUT2D eigenvalue weighted by atomic mass is 9.96. The van der Waals surface area contributed by atoms with Crippen molar-refractivity contribution < 1.29 is 33.9 Å². The van der Waals surface area contributed by atoms with E-state index in [1.807, 2.05) is 38.1 Å². The Bertz CT molecular complexity index is 1460. The highest BCUT2D eigenvalue weighted by molar-refractivity contribution is 6.41. The Morgan fingerprint density at radius 2 is 1.72 bits per heavy atom. The molecule has 0 bridgehead atoms. The first-order valence-corrected chi connectivity index (χ1v) is 16.4. The fourth-order valence-electron chi connectivity index (χ4n) is 6.35. The number of aliphatic carboxylic acids is 1. The van der Waals surface area contributed by atoms with Crippen molar-refractivity contribution in [3.05, 3.63) is 36.0 Å². The van der Waals surface area contributed by atoms with Crippen molar-refractivity contribution >= 4 is 46.0 Å². The molecule has 2 aliphatic heterocycles. The van der Waals surface area contributed by atoms with Crippen LogP contribution in [0.1, 0.15) is 64.4 Å². The fourth-order valence-corrected chi connectivity index (χ4v) is 6.35. The summed E-state index contributed by atoms with van der Waals surface area (Å²) in [5, 5.41) is 16.3. The molecule has 5 atom stereocenters. The van der Waals surface area contributed by atoms with E-state index in [-0.39, 0.29) is 37.0 Å². The van der Waals surface area contributed by atoms with Gasteiger partial charge < -0.3 is 31.4 Å². The van der Waals surface area contributed by atoms with Gasteiger partial charge in [0.2, 0.25) is 23.4 Å². The summed E-state index contributed by atoms with van der Waals surface area (Å²) in [6, 6.07) is 2.19. The number of hydrogen-bond acceptors (Lipinski definition) is 10. The number of rotatable bonds is 10. The molecule has 2 amide bonds. The first-order valence-electron chi connectivity index (χ1n) is 16.4. The summed E-state index contributed by atoms with van der Waals surface area (Å²) in [6.07, 6.45) is 3.77. The Labute approximate surface area is 273 Å². The zero-order chi connectivity index (χ0) is 34.1. The molecule has 0 unspecified atom stereocenters. The highest BCUT2D eigenvalue weighted by Gasteiger charge is 2.40. The Balaban J connectivity index is 1.72. The lowest BCUT2D eigenvalue weighted by Crippen LogP contribution is -2.61. The number of nitrogens with two attached hydrogens (primary N) is 1. The molecule has 2 aromatic rings. The molecule has 0 spiro atoms. The van der Waals surface area contributed by atoms with Crippen LogP contribution in [0.25, 0.3) is 10.9 Å². The molecule has 3 heterocycles. The minimum Gasteiger partial charge on any atom is -0.481 e. The molecule has 14 nitrogen and oxygen atoms in total. The van der Waals surface area contributed by atoms with Gasteiger partial charge in [-0.1, -0.05) is 38.5 Å². The van der Waals surface area contributed by atoms with Gasteiger partial charge in [0.15, 0.2) is 5.78 Å². The van der Waals surface area contributed by atoms with Gasteiger partial charge in [0.05, 0.1) is 31.1 Å². The number of amides is 2. The van der Waals surface area contributed by atoms with E-state index in [4.69, 9.17) is 5.73 Å². The summed E-state index contributed by atoms with van der Waals surface area (Å²) < 4.78 is 0. The van der Waals surface area contributed by atoms with Crippen LogP contribution in [-0.4, -0.2) is 100.0 Å². The highest BCUT2D eigenvalue weighted by atomic mass is 16.4. The molecule has 47 heavy (non-hydrogen) atoms. The number of ketones is 3. The first-order chi connectivity index (χ1) is 22.5. The third-order valence-electron chi connectivity index (χ3n) is 8.80. The molecule has 1 aromatic carbocycles. The van der Waals surface area contributed by atoms with Crippen LogP contribution >= 0.6 is 0 Å². The summed E-state index contributed by atoms with van der Waals surface area (Å²) in [6.45, 7) is 4.33. The van der Waals surface area contributed by atoms with Crippen LogP contribution < -0.4 is 27.2 Å². The van der Waals surface area contributed by atoms with E-state index < -0.39 is 60.1 Å². The van der Waals surface area contributed by atoms with Crippen LogP contribution in [0.15, 0.2) is 30.5 Å². The van der Waals surface area contributed by atoms with Crippen molar-refractivity contribution in [1.82, 2.24) is 31.4 Å². The number of benzene rings is 1. The molecule has 1 aromatic heterocycles. The van der Waals surface area contributed by atoms with E-state index >= 15 is 0 Å². The number of carbonyl (C=O) groups excluding carboxylic acids is 5. The predicted octanol–water partition coefficient (Wildman–Crippen LogP) is 0.347. The number of Topliss-reactive ketones (excluding diaryl/α,β-unsaturated/α-hetero) is 3. The number of aromatic amines is 1. The van der Waals surface area contributed by atoms with Crippen LogP contribution in [0.2, 0.25) is 0 Å². The maximum Gasteiger partial charge on any atom is 0.305 e. The molecule has 2 fully saturated rings. The van der Waals surface area contributed by atoms with Crippen molar-refractivity contribution in [1.29, 1.82) is 0 Å². The molecular weight excluding hydrogens is 606 g/mol. The Morgan fingerprint density at radius 1 is 1.00 bits per heavy atom. The van der Waals surface area contributed by atoms with Crippen molar-refractivity contribution in [3.8, 4) is 0 Å². The van der Waals surface area contributed by atoms with Gasteiger partial charge in [-0.05, 0) is 56.2 Å². The van der Waals surface area contributed by atoms with E-state index in [0.717, 1.165) is 16.5 Å². The zero-order valence-corrected chi connectivity index (χ0v) is 27.1. The van der Waals surface area contributed by atoms with Crippen molar-refractivity contribution in [3.63, 3.8) is 0 Å². The second-order valence-corrected chi connectivity index (χ2v) is 12.8. The smallest absolute Gasteiger partial charge is 0.305 e. The molecular formula is C33H47N7O7. The van der Waals surface area contributed by atoms with Gasteiger partial charge >= 0.3 is 5.97 Å².